The van der Waals surface area contributed by atoms with E-state index in [2.05, 4.69) is 15.3 Å². The van der Waals surface area contributed by atoms with E-state index in [0.29, 0.717) is 0 Å². The van der Waals surface area contributed by atoms with Crippen LogP contribution < -0.4 is 22.7 Å². The van der Waals surface area contributed by atoms with Crippen LogP contribution in [0, 0.1) is 0 Å². The van der Waals surface area contributed by atoms with Crippen molar-refractivity contribution in [3.63, 3.8) is 0 Å². The van der Waals surface area contributed by atoms with Gasteiger partial charge in [0.2, 0.25) is 5.82 Å². The third-order valence-corrected chi connectivity index (χ3v) is 1.64. The Morgan fingerprint density at radius 3 is 2.33 bits per heavy atom. The first-order chi connectivity index (χ1) is 8.18. The van der Waals surface area contributed by atoms with Crippen LogP contribution in [0.4, 0.5) is 11.6 Å². The number of aromatic amines is 1. The summed E-state index contributed by atoms with van der Waals surface area (Å²) >= 11 is 0. The lowest BCUT2D eigenvalue weighted by Crippen LogP contribution is -3.00. The second kappa shape index (κ2) is 9.44. The van der Waals surface area contributed by atoms with Crippen LogP contribution in [0.15, 0.2) is 48.8 Å². The number of nitrogens with one attached hydrogen (secondary N) is 2. The molecule has 0 atom stereocenters. The molecule has 2 aromatic heterocycles. The highest BCUT2D eigenvalue weighted by Crippen LogP contribution is 2.06. The zero-order valence-corrected chi connectivity index (χ0v) is 10.8. The van der Waals surface area contributed by atoms with Crippen molar-refractivity contribution in [2.45, 2.75) is 0 Å². The summed E-state index contributed by atoms with van der Waals surface area (Å²) in [6.07, 6.45) is 3.62. The van der Waals surface area contributed by atoms with Gasteiger partial charge in [0.1, 0.15) is 0 Å². The molecular formula is C10H12ClN3O3P+. The van der Waals surface area contributed by atoms with Crippen LogP contribution in [0.5, 0.6) is 0 Å². The summed E-state index contributed by atoms with van der Waals surface area (Å²) in [6.45, 7) is 0. The van der Waals surface area contributed by atoms with Crippen LogP contribution in [0.25, 0.3) is 0 Å². The predicted octanol–water partition coefficient (Wildman–Crippen LogP) is -1.73. The first-order valence-corrected chi connectivity index (χ1v) is 5.85. The Kier molecular flexibility index (Phi) is 8.61. The van der Waals surface area contributed by atoms with E-state index in [1.807, 2.05) is 42.6 Å². The average Bonchev–Trinajstić information content (AvgIpc) is 2.31. The van der Waals surface area contributed by atoms with Gasteiger partial charge in [-0.2, -0.15) is 0 Å². The minimum absolute atomic E-state index is 0. The van der Waals surface area contributed by atoms with Gasteiger partial charge in [0.15, 0.2) is 0 Å². The zero-order valence-electron chi connectivity index (χ0n) is 9.19. The lowest BCUT2D eigenvalue weighted by molar-refractivity contribution is -0.360. The Balaban J connectivity index is 0.000000512. The second-order valence-electron chi connectivity index (χ2n) is 2.87. The smallest absolute Gasteiger partial charge is 0.692 e. The van der Waals surface area contributed by atoms with E-state index in [-0.39, 0.29) is 12.4 Å². The quantitative estimate of drug-likeness (QED) is 0.571. The Morgan fingerprint density at radius 2 is 1.83 bits per heavy atom. The molecule has 0 radical (unpaired) electrons. The molecule has 0 aliphatic heterocycles. The van der Waals surface area contributed by atoms with Crippen molar-refractivity contribution in [3.8, 4) is 0 Å². The van der Waals surface area contributed by atoms with E-state index in [4.69, 9.17) is 14.4 Å². The lowest BCUT2D eigenvalue weighted by atomic mass is 10.4. The van der Waals surface area contributed by atoms with Crippen LogP contribution in [0.3, 0.4) is 0 Å². The molecule has 2 rings (SSSR count). The summed E-state index contributed by atoms with van der Waals surface area (Å²) < 4.78 is 8.70. The van der Waals surface area contributed by atoms with Crippen LogP contribution in [0.2, 0.25) is 0 Å². The van der Waals surface area contributed by atoms with Gasteiger partial charge in [0.05, 0.1) is 6.20 Å². The van der Waals surface area contributed by atoms with Crippen molar-refractivity contribution in [1.29, 1.82) is 0 Å². The van der Waals surface area contributed by atoms with Crippen LogP contribution in [0.1, 0.15) is 0 Å². The number of pyridine rings is 2. The maximum absolute atomic E-state index is 8.70. The van der Waals surface area contributed by atoms with E-state index in [1.54, 1.807) is 6.20 Å². The number of anilines is 2. The summed E-state index contributed by atoms with van der Waals surface area (Å²) in [4.78, 5) is 21.4. The normalized spacial score (nSPS) is 8.33. The van der Waals surface area contributed by atoms with Gasteiger partial charge in [-0.25, -0.2) is 15.3 Å². The molecule has 2 aromatic rings. The highest BCUT2D eigenvalue weighted by atomic mass is 35.5. The van der Waals surface area contributed by atoms with E-state index >= 15 is 0 Å². The third kappa shape index (κ3) is 7.65. The minimum atomic E-state index is -2.87. The van der Waals surface area contributed by atoms with Crippen molar-refractivity contribution >= 4 is 19.9 Å². The van der Waals surface area contributed by atoms with E-state index < -0.39 is 8.25 Å². The van der Waals surface area contributed by atoms with Crippen molar-refractivity contribution in [3.05, 3.63) is 48.8 Å². The number of hydrogen-bond donors (Lipinski definition) is 3. The molecule has 0 amide bonds. The molecule has 0 bridgehead atoms. The fourth-order valence-corrected chi connectivity index (χ4v) is 1.05. The number of hydrogen-bond acceptors (Lipinski definition) is 3. The van der Waals surface area contributed by atoms with Gasteiger partial charge in [-0.15, -0.1) is 9.79 Å². The largest absolute Gasteiger partial charge is 1.00 e. The first kappa shape index (κ1) is 16.4. The maximum Gasteiger partial charge on any atom is 0.692 e. The monoisotopic (exact) mass is 288 g/mol. The maximum atomic E-state index is 8.70. The number of rotatable bonds is 2. The summed E-state index contributed by atoms with van der Waals surface area (Å²) in [7, 11) is -2.87. The molecule has 2 heterocycles. The van der Waals surface area contributed by atoms with E-state index in [0.717, 1.165) is 11.6 Å². The predicted molar refractivity (Wildman–Crippen MR) is 62.6 cm³/mol. The summed E-state index contributed by atoms with van der Waals surface area (Å²) in [6, 6.07) is 11.6. The SMILES string of the molecule is O=[P+](O)O.[Cl-].c1ccc(Nc2cccc[nH+]2)nc1. The van der Waals surface area contributed by atoms with Crippen molar-refractivity contribution in [2.75, 3.05) is 5.32 Å². The molecular weight excluding hydrogens is 277 g/mol. The van der Waals surface area contributed by atoms with Crippen LogP contribution >= 0.6 is 8.25 Å². The molecule has 4 N–H and O–H groups in total. The van der Waals surface area contributed by atoms with Gasteiger partial charge in [-0.05, 0) is 12.1 Å². The molecule has 8 heteroatoms. The molecule has 6 nitrogen and oxygen atoms in total. The highest BCUT2D eigenvalue weighted by molar-refractivity contribution is 7.30. The standard InChI is InChI=1S/C10H9N3.ClH.HO3P/c1-3-7-11-9(5-1)13-10-6-2-4-8-12-10;;1-4(2)3/h1-8H,(H,11,12,13);1H;(H-,1,2,3)/p+1. The molecule has 0 fully saturated rings. The van der Waals surface area contributed by atoms with E-state index in [1.165, 1.54) is 0 Å². The average molecular weight is 289 g/mol. The van der Waals surface area contributed by atoms with Gasteiger partial charge in [0.25, 0.3) is 5.82 Å². The second-order valence-corrected chi connectivity index (χ2v) is 3.37. The Labute approximate surface area is 111 Å². The zero-order chi connectivity index (χ0) is 12.5. The van der Waals surface area contributed by atoms with Crippen molar-refractivity contribution in [2.24, 2.45) is 0 Å². The molecule has 0 spiro atoms. The molecule has 0 unspecified atom stereocenters. The molecule has 0 aliphatic carbocycles. The fourth-order valence-electron chi connectivity index (χ4n) is 1.05. The van der Waals surface area contributed by atoms with Crippen molar-refractivity contribution in [1.82, 2.24) is 4.98 Å². The summed E-state index contributed by atoms with van der Waals surface area (Å²) in [5.41, 5.74) is 0. The van der Waals surface area contributed by atoms with Gasteiger partial charge >= 0.3 is 8.25 Å². The minimum Gasteiger partial charge on any atom is -1.00 e. The van der Waals surface area contributed by atoms with Gasteiger partial charge in [-0.1, -0.05) is 12.1 Å². The number of halogens is 1. The summed E-state index contributed by atoms with van der Waals surface area (Å²) in [5.74, 6) is 1.77. The van der Waals surface area contributed by atoms with Crippen LogP contribution in [-0.4, -0.2) is 14.8 Å². The number of aromatic nitrogens is 2. The molecule has 0 saturated carbocycles. The van der Waals surface area contributed by atoms with Crippen molar-refractivity contribution < 1.29 is 31.7 Å². The lowest BCUT2D eigenvalue weighted by Gasteiger charge is -1.94. The molecule has 0 aliphatic rings. The van der Waals surface area contributed by atoms with Gasteiger partial charge in [0, 0.05) is 22.9 Å². The molecule has 96 valence electrons. The van der Waals surface area contributed by atoms with E-state index in [9.17, 15) is 0 Å². The Morgan fingerprint density at radius 1 is 1.17 bits per heavy atom. The number of H-pyrrole nitrogens is 1. The molecule has 0 saturated heterocycles. The molecule has 18 heavy (non-hydrogen) atoms. The number of nitrogens with zero attached hydrogens (tertiary/aromatic N) is 1. The van der Waals surface area contributed by atoms with Gasteiger partial charge in [-0.3, -0.25) is 0 Å². The topological polar surface area (TPSA) is 96.6 Å². The fraction of sp³-hybridized carbons (Fsp3) is 0. The third-order valence-electron chi connectivity index (χ3n) is 1.64. The Bertz CT molecular complexity index is 417. The van der Waals surface area contributed by atoms with Crippen LogP contribution in [-0.2, 0) is 4.57 Å². The Hall–Kier alpha value is -1.59. The van der Waals surface area contributed by atoms with Gasteiger partial charge < -0.3 is 12.4 Å². The molecule has 0 aromatic carbocycles. The summed E-state index contributed by atoms with van der Waals surface area (Å²) in [5, 5.41) is 3.14. The highest BCUT2D eigenvalue weighted by Gasteiger charge is 2.00. The first-order valence-electron chi connectivity index (χ1n) is 4.68.